The molecule has 8 heteroatoms. The number of aryl methyl sites for hydroxylation is 1. The quantitative estimate of drug-likeness (QED) is 0.527. The SMILES string of the molecule is CCOc1ccc(NC(=O)CN2C(=O)S/C(=C/c3cn(CC)c4ccccc34)C2=O)cc1. The highest BCUT2D eigenvalue weighted by molar-refractivity contribution is 8.18. The van der Waals surface area contributed by atoms with Crippen molar-refractivity contribution in [3.8, 4) is 5.75 Å². The van der Waals surface area contributed by atoms with Gasteiger partial charge in [0.15, 0.2) is 0 Å². The third-order valence-electron chi connectivity index (χ3n) is 5.07. The van der Waals surface area contributed by atoms with Gasteiger partial charge in [-0.1, -0.05) is 18.2 Å². The number of anilines is 1. The van der Waals surface area contributed by atoms with E-state index >= 15 is 0 Å². The molecular weight excluding hydrogens is 426 g/mol. The van der Waals surface area contributed by atoms with Crippen LogP contribution in [0.15, 0.2) is 59.6 Å². The number of aromatic nitrogens is 1. The summed E-state index contributed by atoms with van der Waals surface area (Å²) < 4.78 is 7.47. The molecule has 1 aromatic heterocycles. The van der Waals surface area contributed by atoms with Crippen LogP contribution in [0.5, 0.6) is 5.75 Å². The zero-order valence-electron chi connectivity index (χ0n) is 17.8. The van der Waals surface area contributed by atoms with Crippen molar-refractivity contribution in [2.45, 2.75) is 20.4 Å². The first-order valence-corrected chi connectivity index (χ1v) is 11.2. The minimum Gasteiger partial charge on any atom is -0.494 e. The van der Waals surface area contributed by atoms with E-state index in [2.05, 4.69) is 9.88 Å². The van der Waals surface area contributed by atoms with Crippen LogP contribution in [0.25, 0.3) is 17.0 Å². The third-order valence-corrected chi connectivity index (χ3v) is 5.98. The highest BCUT2D eigenvalue weighted by atomic mass is 32.2. The van der Waals surface area contributed by atoms with Crippen LogP contribution < -0.4 is 10.1 Å². The number of hydrogen-bond donors (Lipinski definition) is 1. The molecule has 0 radical (unpaired) electrons. The van der Waals surface area contributed by atoms with Gasteiger partial charge in [0.1, 0.15) is 12.3 Å². The minimum absolute atomic E-state index is 0.308. The van der Waals surface area contributed by atoms with Crippen molar-refractivity contribution < 1.29 is 19.1 Å². The number of imide groups is 1. The summed E-state index contributed by atoms with van der Waals surface area (Å²) in [5, 5.41) is 3.26. The maximum atomic E-state index is 12.8. The fourth-order valence-electron chi connectivity index (χ4n) is 3.57. The van der Waals surface area contributed by atoms with Crippen LogP contribution in [0.4, 0.5) is 10.5 Å². The molecule has 0 aliphatic carbocycles. The number of carbonyl (C=O) groups excluding carboxylic acids is 3. The Labute approximate surface area is 190 Å². The van der Waals surface area contributed by atoms with E-state index in [0.29, 0.717) is 22.9 Å². The Morgan fingerprint density at radius 3 is 2.56 bits per heavy atom. The molecule has 4 rings (SSSR count). The van der Waals surface area contributed by atoms with E-state index in [9.17, 15) is 14.4 Å². The van der Waals surface area contributed by atoms with Crippen LogP contribution in [-0.2, 0) is 16.1 Å². The van der Waals surface area contributed by atoms with E-state index in [4.69, 9.17) is 4.74 Å². The maximum absolute atomic E-state index is 12.8. The van der Waals surface area contributed by atoms with Crippen molar-refractivity contribution >= 4 is 51.5 Å². The molecule has 0 atom stereocenters. The van der Waals surface area contributed by atoms with Gasteiger partial charge in [-0.2, -0.15) is 0 Å². The van der Waals surface area contributed by atoms with Gasteiger partial charge in [-0.05, 0) is 62.0 Å². The molecule has 2 heterocycles. The molecule has 7 nitrogen and oxygen atoms in total. The molecule has 0 unspecified atom stereocenters. The smallest absolute Gasteiger partial charge is 0.294 e. The van der Waals surface area contributed by atoms with Gasteiger partial charge in [-0.25, -0.2) is 0 Å². The number of benzene rings is 2. The Bertz CT molecular complexity index is 1210. The lowest BCUT2D eigenvalue weighted by molar-refractivity contribution is -0.127. The minimum atomic E-state index is -0.463. The van der Waals surface area contributed by atoms with Crippen LogP contribution in [-0.4, -0.2) is 39.7 Å². The molecule has 1 fully saturated rings. The number of hydrogen-bond acceptors (Lipinski definition) is 5. The second-order valence-electron chi connectivity index (χ2n) is 7.16. The van der Waals surface area contributed by atoms with Gasteiger partial charge in [0, 0.05) is 34.9 Å². The molecule has 1 saturated heterocycles. The van der Waals surface area contributed by atoms with Crippen molar-refractivity contribution in [1.29, 1.82) is 0 Å². The summed E-state index contributed by atoms with van der Waals surface area (Å²) >= 11 is 0.850. The van der Waals surface area contributed by atoms with Crippen molar-refractivity contribution in [3.05, 3.63) is 65.2 Å². The molecule has 1 aliphatic rings. The summed E-state index contributed by atoms with van der Waals surface area (Å²) in [4.78, 5) is 39.0. The van der Waals surface area contributed by atoms with Gasteiger partial charge >= 0.3 is 0 Å². The van der Waals surface area contributed by atoms with Crippen molar-refractivity contribution in [2.24, 2.45) is 0 Å². The molecule has 3 amide bonds. The molecule has 3 aromatic rings. The van der Waals surface area contributed by atoms with E-state index in [-0.39, 0.29) is 6.54 Å². The van der Waals surface area contributed by atoms with E-state index in [0.717, 1.165) is 39.7 Å². The van der Waals surface area contributed by atoms with Crippen LogP contribution in [0, 0.1) is 0 Å². The normalized spacial score (nSPS) is 15.1. The average Bonchev–Trinajstić information content (AvgIpc) is 3.27. The molecule has 1 N–H and O–H groups in total. The zero-order valence-corrected chi connectivity index (χ0v) is 18.6. The molecular formula is C24H23N3O4S. The first-order valence-electron chi connectivity index (χ1n) is 10.4. The second kappa shape index (κ2) is 9.32. The first-order chi connectivity index (χ1) is 15.5. The summed E-state index contributed by atoms with van der Waals surface area (Å²) in [7, 11) is 0. The summed E-state index contributed by atoms with van der Waals surface area (Å²) in [6, 6.07) is 14.8. The Kier molecular flexibility index (Phi) is 6.32. The molecule has 0 bridgehead atoms. The molecule has 0 saturated carbocycles. The number of para-hydroxylation sites is 1. The fourth-order valence-corrected chi connectivity index (χ4v) is 4.40. The number of nitrogens with zero attached hydrogens (tertiary/aromatic N) is 2. The number of rotatable bonds is 7. The van der Waals surface area contributed by atoms with Crippen LogP contribution in [0.1, 0.15) is 19.4 Å². The van der Waals surface area contributed by atoms with Gasteiger partial charge in [-0.15, -0.1) is 0 Å². The van der Waals surface area contributed by atoms with Gasteiger partial charge in [-0.3, -0.25) is 19.3 Å². The van der Waals surface area contributed by atoms with Gasteiger partial charge in [0.05, 0.1) is 11.5 Å². The van der Waals surface area contributed by atoms with E-state index in [1.54, 1.807) is 30.3 Å². The molecule has 2 aromatic carbocycles. The Balaban J connectivity index is 1.48. The maximum Gasteiger partial charge on any atom is 0.294 e. The lowest BCUT2D eigenvalue weighted by Gasteiger charge is -2.12. The Morgan fingerprint density at radius 2 is 1.84 bits per heavy atom. The number of nitrogens with one attached hydrogen (secondary N) is 1. The predicted octanol–water partition coefficient (Wildman–Crippen LogP) is 4.73. The molecule has 164 valence electrons. The monoisotopic (exact) mass is 449 g/mol. The molecule has 1 aliphatic heterocycles. The highest BCUT2D eigenvalue weighted by Gasteiger charge is 2.36. The molecule has 0 spiro atoms. The van der Waals surface area contributed by atoms with Crippen molar-refractivity contribution in [3.63, 3.8) is 0 Å². The van der Waals surface area contributed by atoms with E-state index < -0.39 is 17.1 Å². The van der Waals surface area contributed by atoms with Gasteiger partial charge in [0.2, 0.25) is 5.91 Å². The predicted molar refractivity (Wildman–Crippen MR) is 127 cm³/mol. The van der Waals surface area contributed by atoms with E-state index in [1.165, 1.54) is 0 Å². The third kappa shape index (κ3) is 4.40. The van der Waals surface area contributed by atoms with Crippen LogP contribution in [0.3, 0.4) is 0 Å². The summed E-state index contributed by atoms with van der Waals surface area (Å²) in [5.41, 5.74) is 2.50. The topological polar surface area (TPSA) is 80.6 Å². The number of thioether (sulfide) groups is 1. The molecule has 32 heavy (non-hydrogen) atoms. The van der Waals surface area contributed by atoms with Crippen LogP contribution >= 0.6 is 11.8 Å². The van der Waals surface area contributed by atoms with Gasteiger partial charge < -0.3 is 14.6 Å². The number of amides is 3. The zero-order chi connectivity index (χ0) is 22.7. The second-order valence-corrected chi connectivity index (χ2v) is 8.15. The number of ether oxygens (including phenoxy) is 1. The number of carbonyl (C=O) groups is 3. The van der Waals surface area contributed by atoms with E-state index in [1.807, 2.05) is 44.3 Å². The lowest BCUT2D eigenvalue weighted by Crippen LogP contribution is -2.36. The summed E-state index contributed by atoms with van der Waals surface area (Å²) in [6.45, 7) is 4.94. The van der Waals surface area contributed by atoms with Crippen molar-refractivity contribution in [2.75, 3.05) is 18.5 Å². The summed E-state index contributed by atoms with van der Waals surface area (Å²) in [6.07, 6.45) is 3.70. The highest BCUT2D eigenvalue weighted by Crippen LogP contribution is 2.34. The van der Waals surface area contributed by atoms with Gasteiger partial charge in [0.25, 0.3) is 11.1 Å². The summed E-state index contributed by atoms with van der Waals surface area (Å²) in [5.74, 6) is -0.207. The fraction of sp³-hybridized carbons (Fsp3) is 0.208. The van der Waals surface area contributed by atoms with Crippen molar-refractivity contribution in [1.82, 2.24) is 9.47 Å². The Hall–Kier alpha value is -3.52. The first kappa shape index (κ1) is 21.7. The largest absolute Gasteiger partial charge is 0.494 e. The Morgan fingerprint density at radius 1 is 1.09 bits per heavy atom. The lowest BCUT2D eigenvalue weighted by atomic mass is 10.1. The number of fused-ring (bicyclic) bond motifs is 1. The van der Waals surface area contributed by atoms with Crippen LogP contribution in [0.2, 0.25) is 0 Å². The average molecular weight is 450 g/mol. The standard InChI is InChI=1S/C24H23N3O4S/c1-3-26-14-16(19-7-5-6-8-20(19)26)13-21-23(29)27(24(30)32-21)15-22(28)25-17-9-11-18(12-10-17)31-4-2/h5-14H,3-4,15H2,1-2H3,(H,25,28)/b21-13+.